The van der Waals surface area contributed by atoms with Crippen LogP contribution in [0.3, 0.4) is 0 Å². The van der Waals surface area contributed by atoms with Crippen molar-refractivity contribution in [1.82, 2.24) is 14.9 Å². The standard InChI is InChI=1S/C11H17N3O2/c1-2-8-6-14(11(16)13-10(8)15)7-9-4-3-5-12-9/h6,9,12H,2-5,7H2,1H3,(H,13,15,16). The molecular formula is C11H17N3O2. The summed E-state index contributed by atoms with van der Waals surface area (Å²) in [7, 11) is 0. The van der Waals surface area contributed by atoms with E-state index in [-0.39, 0.29) is 11.2 Å². The maximum atomic E-state index is 11.6. The molecule has 0 spiro atoms. The van der Waals surface area contributed by atoms with E-state index in [9.17, 15) is 9.59 Å². The molecule has 5 heteroatoms. The predicted molar refractivity (Wildman–Crippen MR) is 61.7 cm³/mol. The number of hydrogen-bond acceptors (Lipinski definition) is 3. The maximum Gasteiger partial charge on any atom is 0.328 e. The van der Waals surface area contributed by atoms with Crippen LogP contribution < -0.4 is 16.6 Å². The number of aryl methyl sites for hydroxylation is 1. The monoisotopic (exact) mass is 223 g/mol. The smallest absolute Gasteiger partial charge is 0.312 e. The van der Waals surface area contributed by atoms with Gasteiger partial charge in [0, 0.05) is 24.3 Å². The molecular weight excluding hydrogens is 206 g/mol. The zero-order valence-electron chi connectivity index (χ0n) is 9.45. The molecule has 0 amide bonds. The van der Waals surface area contributed by atoms with Crippen LogP contribution >= 0.6 is 0 Å². The van der Waals surface area contributed by atoms with Crippen LogP contribution in [0.25, 0.3) is 0 Å². The van der Waals surface area contributed by atoms with Gasteiger partial charge in [-0.2, -0.15) is 0 Å². The lowest BCUT2D eigenvalue weighted by atomic mass is 10.2. The predicted octanol–water partition coefficient (Wildman–Crippen LogP) is -0.149. The second-order valence-corrected chi connectivity index (χ2v) is 4.21. The van der Waals surface area contributed by atoms with Gasteiger partial charge < -0.3 is 5.32 Å². The Bertz CT molecular complexity index is 469. The third-order valence-electron chi connectivity index (χ3n) is 3.05. The van der Waals surface area contributed by atoms with Crippen LogP contribution in [0.1, 0.15) is 25.3 Å². The number of H-pyrrole nitrogens is 1. The van der Waals surface area contributed by atoms with Crippen molar-refractivity contribution < 1.29 is 0 Å². The molecule has 0 bridgehead atoms. The molecule has 2 heterocycles. The number of nitrogens with zero attached hydrogens (tertiary/aromatic N) is 1. The van der Waals surface area contributed by atoms with Crippen LogP contribution in [-0.2, 0) is 13.0 Å². The molecule has 0 aliphatic carbocycles. The topological polar surface area (TPSA) is 66.9 Å². The van der Waals surface area contributed by atoms with E-state index in [1.165, 1.54) is 0 Å². The van der Waals surface area contributed by atoms with Gasteiger partial charge in [-0.25, -0.2) is 4.79 Å². The molecule has 1 atom stereocenters. The van der Waals surface area contributed by atoms with E-state index in [2.05, 4.69) is 10.3 Å². The summed E-state index contributed by atoms with van der Waals surface area (Å²) in [6, 6.07) is 0.355. The molecule has 1 aromatic heterocycles. The number of nitrogens with one attached hydrogen (secondary N) is 2. The fraction of sp³-hybridized carbons (Fsp3) is 0.636. The first-order valence-corrected chi connectivity index (χ1v) is 5.76. The van der Waals surface area contributed by atoms with Crippen molar-refractivity contribution in [2.45, 2.75) is 38.8 Å². The minimum absolute atomic E-state index is 0.261. The molecule has 1 aliphatic heterocycles. The van der Waals surface area contributed by atoms with Gasteiger partial charge in [-0.3, -0.25) is 14.3 Å². The molecule has 1 saturated heterocycles. The molecule has 88 valence electrons. The van der Waals surface area contributed by atoms with E-state index in [0.717, 1.165) is 19.4 Å². The fourth-order valence-electron chi connectivity index (χ4n) is 2.09. The Kier molecular flexibility index (Phi) is 3.24. The van der Waals surface area contributed by atoms with Gasteiger partial charge in [0.05, 0.1) is 0 Å². The molecule has 1 aliphatic rings. The van der Waals surface area contributed by atoms with Gasteiger partial charge in [0.1, 0.15) is 0 Å². The summed E-state index contributed by atoms with van der Waals surface area (Å²) >= 11 is 0. The van der Waals surface area contributed by atoms with Crippen molar-refractivity contribution in [2.75, 3.05) is 6.54 Å². The molecule has 0 aromatic carbocycles. The van der Waals surface area contributed by atoms with Gasteiger partial charge in [0.25, 0.3) is 5.56 Å². The Morgan fingerprint density at radius 2 is 2.31 bits per heavy atom. The van der Waals surface area contributed by atoms with Gasteiger partial charge in [-0.15, -0.1) is 0 Å². The molecule has 1 unspecified atom stereocenters. The van der Waals surface area contributed by atoms with Crippen molar-refractivity contribution in [3.05, 3.63) is 32.6 Å². The first kappa shape index (κ1) is 11.1. The van der Waals surface area contributed by atoms with E-state index >= 15 is 0 Å². The second-order valence-electron chi connectivity index (χ2n) is 4.21. The Hall–Kier alpha value is -1.36. The lowest BCUT2D eigenvalue weighted by Crippen LogP contribution is -2.37. The molecule has 0 saturated carbocycles. The minimum atomic E-state index is -0.309. The molecule has 2 rings (SSSR count). The fourth-order valence-corrected chi connectivity index (χ4v) is 2.09. The first-order chi connectivity index (χ1) is 7.70. The SMILES string of the molecule is CCc1cn(CC2CCCN2)c(=O)[nH]c1=O. The molecule has 0 radical (unpaired) electrons. The summed E-state index contributed by atoms with van der Waals surface area (Å²) in [5.41, 5.74) is 0.0941. The van der Waals surface area contributed by atoms with Gasteiger partial charge in [0.15, 0.2) is 0 Å². The number of rotatable bonds is 3. The Balaban J connectivity index is 2.25. The van der Waals surface area contributed by atoms with Gasteiger partial charge >= 0.3 is 5.69 Å². The highest BCUT2D eigenvalue weighted by molar-refractivity contribution is 5.04. The van der Waals surface area contributed by atoms with Crippen LogP contribution in [0.4, 0.5) is 0 Å². The average molecular weight is 223 g/mol. The normalized spacial score (nSPS) is 20.2. The van der Waals surface area contributed by atoms with E-state index in [4.69, 9.17) is 0 Å². The number of hydrogen-bond donors (Lipinski definition) is 2. The zero-order valence-corrected chi connectivity index (χ0v) is 9.45. The molecule has 5 nitrogen and oxygen atoms in total. The van der Waals surface area contributed by atoms with Crippen LogP contribution in [0.15, 0.2) is 15.8 Å². The quantitative estimate of drug-likeness (QED) is 0.749. The van der Waals surface area contributed by atoms with E-state index in [1.807, 2.05) is 6.92 Å². The lowest BCUT2D eigenvalue weighted by molar-refractivity contribution is 0.490. The summed E-state index contributed by atoms with van der Waals surface area (Å²) in [6.07, 6.45) is 4.57. The van der Waals surface area contributed by atoms with Crippen molar-refractivity contribution in [2.24, 2.45) is 0 Å². The van der Waals surface area contributed by atoms with Gasteiger partial charge in [-0.05, 0) is 25.8 Å². The molecule has 1 aromatic rings. The van der Waals surface area contributed by atoms with Crippen molar-refractivity contribution in [1.29, 1.82) is 0 Å². The van der Waals surface area contributed by atoms with Gasteiger partial charge in [0.2, 0.25) is 0 Å². The minimum Gasteiger partial charge on any atom is -0.312 e. The van der Waals surface area contributed by atoms with Crippen LogP contribution in [0.5, 0.6) is 0 Å². The number of aromatic nitrogens is 2. The van der Waals surface area contributed by atoms with Crippen LogP contribution in [0.2, 0.25) is 0 Å². The summed E-state index contributed by atoms with van der Waals surface area (Å²) in [5.74, 6) is 0. The third kappa shape index (κ3) is 2.24. The number of aromatic amines is 1. The second kappa shape index (κ2) is 4.65. The third-order valence-corrected chi connectivity index (χ3v) is 3.05. The largest absolute Gasteiger partial charge is 0.328 e. The van der Waals surface area contributed by atoms with Crippen LogP contribution in [-0.4, -0.2) is 22.1 Å². The van der Waals surface area contributed by atoms with E-state index in [0.29, 0.717) is 24.6 Å². The summed E-state index contributed by atoms with van der Waals surface area (Å²) in [6.45, 7) is 3.57. The highest BCUT2D eigenvalue weighted by atomic mass is 16.2. The van der Waals surface area contributed by atoms with Crippen molar-refractivity contribution >= 4 is 0 Å². The zero-order chi connectivity index (χ0) is 11.5. The van der Waals surface area contributed by atoms with Crippen LogP contribution in [0, 0.1) is 0 Å². The summed E-state index contributed by atoms with van der Waals surface area (Å²) in [4.78, 5) is 25.3. The summed E-state index contributed by atoms with van der Waals surface area (Å²) < 4.78 is 1.60. The maximum absolute atomic E-state index is 11.6. The summed E-state index contributed by atoms with van der Waals surface area (Å²) in [5, 5.41) is 3.33. The van der Waals surface area contributed by atoms with E-state index in [1.54, 1.807) is 10.8 Å². The lowest BCUT2D eigenvalue weighted by Gasteiger charge is -2.12. The Labute approximate surface area is 93.5 Å². The van der Waals surface area contributed by atoms with Gasteiger partial charge in [-0.1, -0.05) is 6.92 Å². The molecule has 1 fully saturated rings. The first-order valence-electron chi connectivity index (χ1n) is 5.76. The molecule has 16 heavy (non-hydrogen) atoms. The highest BCUT2D eigenvalue weighted by Gasteiger charge is 2.15. The van der Waals surface area contributed by atoms with Crippen molar-refractivity contribution in [3.8, 4) is 0 Å². The molecule has 2 N–H and O–H groups in total. The van der Waals surface area contributed by atoms with E-state index < -0.39 is 0 Å². The van der Waals surface area contributed by atoms with Crippen molar-refractivity contribution in [3.63, 3.8) is 0 Å². The highest BCUT2D eigenvalue weighted by Crippen LogP contribution is 2.06. The average Bonchev–Trinajstić information content (AvgIpc) is 2.75. The Morgan fingerprint density at radius 3 is 2.94 bits per heavy atom. The Morgan fingerprint density at radius 1 is 1.50 bits per heavy atom.